The van der Waals surface area contributed by atoms with E-state index in [0.717, 1.165) is 56.4 Å². The Balaban J connectivity index is -0.00000159. The van der Waals surface area contributed by atoms with E-state index in [9.17, 15) is 48.5 Å². The van der Waals surface area contributed by atoms with E-state index < -0.39 is 65.1 Å². The molecule has 828 valence electrons. The van der Waals surface area contributed by atoms with Crippen LogP contribution in [0.5, 0.6) is 5.75 Å². The van der Waals surface area contributed by atoms with Gasteiger partial charge in [-0.15, -0.1) is 93.1 Å². The molecule has 3 aliphatic heterocycles. The smallest absolute Gasteiger partial charge is 0.444 e. The van der Waals surface area contributed by atoms with Crippen LogP contribution in [0.25, 0.3) is 0 Å². The molecule has 1 aromatic carbocycles. The van der Waals surface area contributed by atoms with Gasteiger partial charge in [-0.1, -0.05) is 27.7 Å². The molecule has 0 bridgehead atoms. The van der Waals surface area contributed by atoms with Gasteiger partial charge >= 0.3 is 93.0 Å². The zero-order valence-corrected chi connectivity index (χ0v) is 108. The van der Waals surface area contributed by atoms with E-state index in [-0.39, 0.29) is 116 Å². The Morgan fingerprint density at radius 1 is 0.521 bits per heavy atom. The number of nitro groups is 1. The minimum Gasteiger partial charge on any atom is -0.444 e. The summed E-state index contributed by atoms with van der Waals surface area (Å²) in [6, 6.07) is 4.68. The van der Waals surface area contributed by atoms with Crippen LogP contribution in [0.15, 0.2) is 76.5 Å². The second kappa shape index (κ2) is 75.6. The quantitative estimate of drug-likeness (QED) is 0.00338. The number of hydrogen-bond donors (Lipinski definition) is 9. The van der Waals surface area contributed by atoms with Crippen LogP contribution in [0.3, 0.4) is 0 Å². The number of piperazine rings is 2. The number of thiazole rings is 5. The maximum Gasteiger partial charge on any atom is 0.514 e. The van der Waals surface area contributed by atoms with Crippen molar-refractivity contribution in [1.82, 2.24) is 91.8 Å². The standard InChI is InChI=1S/C20H28N4O4S2.C13H28N2.C12H19N3O4S.C12H27N3.C12H26N2.C11H8N2O5S.C7H11N3O2S.C7H16N2O2.ClH.I3.I2.HI/c1-12(2)18(16(25)6-17(26)28-9-15-7-21-11-30-15)23-20(27)24(5)8-14-10-29-19(22-14)13(3)4;1-12(2,3)14-11-7-9-15(10-8-11)13(4,5)6;1-12(2,3)19-11(17)15-5-4-14-10(16)18-7-9-6-13-8-20-9;1-11(2,3)13-15-9-7-14(8-10-15)12(4,5)6;1-11(2,3)13-7-9-14(10-8-13)12(4,5)6;14-11(17-6-10-5-12-7-19-10)18-9-3-1-8(2-4-9)13(15)16;8-1-2-10-7(11)12-4-6-3-9-5-13-6;1-7(2,3)11-6(10)9-5-4-8;;1-3-2;1-2;/h7,10-13,18H,6,8-9H2,1-5H3,(H,23,27);11,14H,7-10H2,1-6H3;6,8H,4-5,7H2,1-3H3,(H,14,16)(H,15,17);13H,7-10H2,1-6H3;7-10H2,1-6H3;1-5,7H,6H2;3,5H,1-2,4,8H2,(H,10,11);4-5,8H2,1-3H3,(H,9,10);1H;;;1H/q;;;;;;;;;-1;;/t18-;;;;;;;;;;;/m0.........../s1. The van der Waals surface area contributed by atoms with Crippen LogP contribution in [0.2, 0.25) is 0 Å². The number of esters is 1. The number of rotatable bonds is 27. The molecule has 8 heterocycles. The summed E-state index contributed by atoms with van der Waals surface area (Å²) in [5, 5.41) is 32.2. The first-order valence-corrected chi connectivity index (χ1v) is 69.9. The summed E-state index contributed by atoms with van der Waals surface area (Å²) in [4.78, 5) is 138. The summed E-state index contributed by atoms with van der Waals surface area (Å²) >= 11 is 16.7. The molecule has 1 atom stereocenters. The van der Waals surface area contributed by atoms with Crippen LogP contribution < -0.4 is 66.8 Å². The van der Waals surface area contributed by atoms with E-state index in [2.05, 4.69) is 300 Å². The number of nitrogens with one attached hydrogen (secondary N) is 7. The molecule has 0 aliphatic carbocycles. The Hall–Kier alpha value is -4.16. The van der Waals surface area contributed by atoms with E-state index in [1.165, 1.54) is 127 Å². The normalized spacial score (nSPS) is 14.0. The fraction of sp³-hybridized carbons (Fsp3) is 0.691. The minimum absolute atomic E-state index is 0. The van der Waals surface area contributed by atoms with Crippen molar-refractivity contribution >= 4 is 222 Å². The Labute approximate surface area is 952 Å². The fourth-order valence-electron chi connectivity index (χ4n) is 12.4. The molecule has 0 unspecified atom stereocenters. The maximum absolute atomic E-state index is 12.6. The molecule has 6 amide bonds. The molecule has 0 saturated carbocycles. The monoisotopic (exact) mass is 2820 g/mol. The van der Waals surface area contributed by atoms with Crippen molar-refractivity contribution in [2.75, 3.05) is 112 Å². The number of urea groups is 1. The van der Waals surface area contributed by atoms with E-state index in [1.807, 2.05) is 40.0 Å². The summed E-state index contributed by atoms with van der Waals surface area (Å²) in [7, 11) is 1.65. The van der Waals surface area contributed by atoms with Gasteiger partial charge in [0.25, 0.3) is 5.69 Å². The second-order valence-corrected chi connectivity index (χ2v) is 62.1. The molecular weight excluding hydrogens is 2650 g/mol. The number of non-ortho nitro benzene ring substituents is 1. The average Bonchev–Trinajstić information content (AvgIpc) is 1.11. The predicted molar refractivity (Wildman–Crippen MR) is 624 cm³/mol. The van der Waals surface area contributed by atoms with Gasteiger partial charge in [-0.05, 0) is 197 Å². The van der Waals surface area contributed by atoms with Gasteiger partial charge in [0.05, 0.1) is 69.8 Å². The largest absolute Gasteiger partial charge is 0.514 e. The zero-order valence-electron chi connectivity index (χ0n) is 89.5. The third-order valence-electron chi connectivity index (χ3n) is 19.3. The van der Waals surface area contributed by atoms with Gasteiger partial charge < -0.3 is 81.4 Å². The van der Waals surface area contributed by atoms with Gasteiger partial charge in [0.1, 0.15) is 49.8 Å². The first-order chi connectivity index (χ1) is 66.0. The number of ether oxygens (including phenoxy) is 7. The van der Waals surface area contributed by atoms with Crippen molar-refractivity contribution in [3.63, 3.8) is 0 Å². The van der Waals surface area contributed by atoms with Crippen LogP contribution in [0.4, 0.5) is 34.5 Å². The van der Waals surface area contributed by atoms with Gasteiger partial charge in [0, 0.05) is 236 Å². The number of amides is 6. The van der Waals surface area contributed by atoms with Crippen molar-refractivity contribution < 1.29 is 89.7 Å². The number of Topliss-reactive ketones (excluding diaryl/α,β-unsaturated/α-hetero) is 1. The van der Waals surface area contributed by atoms with Crippen LogP contribution >= 0.6 is 168 Å². The summed E-state index contributed by atoms with van der Waals surface area (Å²) in [6.07, 6.45) is 5.90. The van der Waals surface area contributed by atoms with Gasteiger partial charge in [0.2, 0.25) is 0 Å². The molecule has 3 aliphatic rings. The topological polar surface area (TPSA) is 464 Å². The molecular formula is C94H165ClI6N21O17S5-. The van der Waals surface area contributed by atoms with E-state index in [4.69, 9.17) is 44.6 Å². The van der Waals surface area contributed by atoms with Crippen molar-refractivity contribution in [1.29, 1.82) is 0 Å². The number of halogens is 7. The number of likely N-dealkylation sites (tertiary alicyclic amines) is 1. The Bertz CT molecular complexity index is 4350. The number of nitro benzene ring substituents is 1. The number of piperidine rings is 1. The fourth-order valence-corrected chi connectivity index (χ4v) is 15.3. The molecule has 5 aromatic heterocycles. The molecule has 3 saturated heterocycles. The van der Waals surface area contributed by atoms with Crippen molar-refractivity contribution in [3.05, 3.63) is 117 Å². The number of hydrogen-bond acceptors (Lipinski definition) is 36. The molecule has 6 aromatic rings. The Morgan fingerprint density at radius 2 is 0.875 bits per heavy atom. The molecule has 0 radical (unpaired) electrons. The van der Waals surface area contributed by atoms with Crippen LogP contribution in [-0.4, -0.2) is 276 Å². The predicted octanol–water partition coefficient (Wildman–Crippen LogP) is 17.2. The van der Waals surface area contributed by atoms with Crippen molar-refractivity contribution in [2.24, 2.45) is 17.4 Å². The minimum atomic E-state index is -0.873. The molecule has 11 N–H and O–H groups in total. The van der Waals surface area contributed by atoms with E-state index in [1.54, 1.807) is 86.0 Å². The van der Waals surface area contributed by atoms with E-state index in [0.29, 0.717) is 80.1 Å². The molecule has 50 heteroatoms. The number of nitrogens with zero attached hydrogens (tertiary/aromatic N) is 12. The first-order valence-electron chi connectivity index (χ1n) is 46.7. The van der Waals surface area contributed by atoms with Gasteiger partial charge in [-0.25, -0.2) is 44.2 Å². The Kier molecular flexibility index (Phi) is 75.5. The van der Waals surface area contributed by atoms with Gasteiger partial charge in [0.15, 0.2) is 5.78 Å². The number of nitrogens with two attached hydrogens (primary N) is 2. The molecule has 144 heavy (non-hydrogen) atoms. The molecule has 0 spiro atoms. The SMILES string of the molecule is CC(C)(C)N1CCN(C(C)(C)C)CC1.CC(C)(C)NC1CCN(C(C)(C)C)CC1.CC(C)(C)NN1CCN(C(C)(C)C)CC1.CC(C)(C)OC(=O)NCCN.CC(C)(C)OC(=O)NCCNC(=O)OCc1cncs1.CC(C)c1nc(CN(C)C(=O)N[C@H](C(=O)CC(=O)OCc2cncs2)C(C)C)cs1.Cl.I.II.I[I-]I.NCCNC(=O)OCc1cncs1.O=C(OCc1cncs1)Oc1ccc([N+](=O)[O-])cc1. The molecule has 38 nitrogen and oxygen atoms in total. The Morgan fingerprint density at radius 3 is 1.20 bits per heavy atom. The maximum atomic E-state index is 12.6. The third-order valence-corrected chi connectivity index (χ3v) is 23.5. The van der Waals surface area contributed by atoms with Gasteiger partial charge in [-0.3, -0.25) is 59.2 Å². The number of hydrazine groups is 1. The summed E-state index contributed by atoms with van der Waals surface area (Å²) in [5.41, 5.74) is 22.1. The third kappa shape index (κ3) is 73.2. The van der Waals surface area contributed by atoms with E-state index >= 15 is 0 Å². The average molecular weight is 2820 g/mol. The number of carbonyl (C=O) groups is 8. The van der Waals surface area contributed by atoms with Crippen LogP contribution in [0, 0.1) is 16.0 Å². The number of carbonyl (C=O) groups excluding carboxylic acids is 8. The number of benzene rings is 1. The van der Waals surface area contributed by atoms with Crippen molar-refractivity contribution in [2.45, 2.75) is 309 Å². The number of ketones is 1. The summed E-state index contributed by atoms with van der Waals surface area (Å²) in [5.74, 6) is -0.653. The summed E-state index contributed by atoms with van der Waals surface area (Å²) in [6.45, 7) is 74.7. The second-order valence-electron chi connectivity index (χ2n) is 41.1. The first kappa shape index (κ1) is 144. The van der Waals surface area contributed by atoms with Crippen molar-refractivity contribution in [3.8, 4) is 5.75 Å². The van der Waals surface area contributed by atoms with Gasteiger partial charge in [-0.2, -0.15) is 0 Å². The molecule has 3 fully saturated rings. The number of alkyl carbamates (subject to hydrolysis) is 4. The molecule has 9 rings (SSSR count). The summed E-state index contributed by atoms with van der Waals surface area (Å²) < 4.78 is 34.6. The number of aromatic nitrogens is 5. The van der Waals surface area contributed by atoms with Crippen LogP contribution in [-0.2, 0) is 71.0 Å². The zero-order chi connectivity index (χ0) is 108. The van der Waals surface area contributed by atoms with Crippen LogP contribution in [0.1, 0.15) is 249 Å².